The fraction of sp³-hybridized carbons (Fsp3) is 0. The molecule has 0 aromatic heterocycles. The van der Waals surface area contributed by atoms with E-state index in [4.69, 9.17) is 8.92 Å². The highest BCUT2D eigenvalue weighted by Gasteiger charge is 1.22. The molecule has 0 unspecified atom stereocenters. The Hall–Kier alpha value is -0.383. The van der Waals surface area contributed by atoms with Crippen molar-refractivity contribution in [2.45, 2.75) is 0 Å². The van der Waals surface area contributed by atoms with Crippen LogP contribution in [0.25, 0.3) is 0 Å². The molecule has 56 valence electrons. The monoisotopic (exact) mass is 150 g/mol. The lowest BCUT2D eigenvalue weighted by atomic mass is 15.9. The van der Waals surface area contributed by atoms with Gasteiger partial charge in [0.05, 0.1) is 0 Å². The van der Waals surface area contributed by atoms with Gasteiger partial charge in [0.25, 0.3) is 0 Å². The average molecular weight is 150 g/mol. The minimum Gasteiger partial charge on any atom is -0.412 e. The first-order valence-corrected chi connectivity index (χ1v) is 1.22. The lowest BCUT2D eigenvalue weighted by molar-refractivity contribution is 0.497. The molecule has 0 amide bonds. The average Bonchev–Trinajstić information content (AvgIpc) is 0.918. The van der Waals surface area contributed by atoms with Gasteiger partial charge in [-0.15, -0.1) is 0 Å². The Bertz CT molecular complexity index is 25.4. The molecule has 10 N–H and O–H groups in total. The van der Waals surface area contributed by atoms with Gasteiger partial charge in [-0.1, -0.05) is 0 Å². The zero-order valence-electron chi connectivity index (χ0n) is 3.82. The molecule has 7 nitrogen and oxygen atoms in total. The predicted octanol–water partition coefficient (Wildman–Crippen LogP) is -4.74. The van der Waals surface area contributed by atoms with Gasteiger partial charge >= 0.3 is 9.29 Å². The molecule has 0 aliphatic rings. The number of rotatable bonds is 0. The third-order valence-corrected chi connectivity index (χ3v) is 0. The first kappa shape index (κ1) is 128. The van der Waals surface area contributed by atoms with E-state index in [9.17, 15) is 0 Å². The molecule has 0 bridgehead atoms. The van der Waals surface area contributed by atoms with Gasteiger partial charge in [-0.25, -0.2) is 0 Å². The largest absolute Gasteiger partial charge is 0.549 e. The van der Waals surface area contributed by atoms with Gasteiger partial charge in [-0.3, -0.25) is 8.92 Å². The molecular formula is H10O7Si. The minimum absolute atomic E-state index is 0. The van der Waals surface area contributed by atoms with E-state index in [0.717, 1.165) is 0 Å². The van der Waals surface area contributed by atoms with Crippen molar-refractivity contribution >= 4 is 9.29 Å². The summed E-state index contributed by atoms with van der Waals surface area (Å²) in [6, 6.07) is 0. The van der Waals surface area contributed by atoms with Crippen LogP contribution in [0.5, 0.6) is 0 Å². The summed E-state index contributed by atoms with van der Waals surface area (Å²) in [5.74, 6) is 0. The smallest absolute Gasteiger partial charge is 0.412 e. The first-order valence-electron chi connectivity index (χ1n) is 0.408. The van der Waals surface area contributed by atoms with E-state index in [1.807, 2.05) is 0 Å². The van der Waals surface area contributed by atoms with E-state index in [0.29, 0.717) is 0 Å². The summed E-state index contributed by atoms with van der Waals surface area (Å²) in [7, 11) is -1.42. The van der Waals surface area contributed by atoms with E-state index >= 15 is 0 Å². The van der Waals surface area contributed by atoms with E-state index in [1.165, 1.54) is 0 Å². The molecule has 0 aliphatic carbocycles. The fourth-order valence-electron chi connectivity index (χ4n) is 0. The molecule has 0 rings (SSSR count). The SMILES string of the molecule is O.O.O.O.O.O=[Si]=O. The molecule has 0 saturated carbocycles. The van der Waals surface area contributed by atoms with Crippen molar-refractivity contribution in [2.75, 3.05) is 0 Å². The van der Waals surface area contributed by atoms with Crippen molar-refractivity contribution in [1.82, 2.24) is 0 Å². The Labute approximate surface area is 46.8 Å². The van der Waals surface area contributed by atoms with Crippen molar-refractivity contribution in [2.24, 2.45) is 0 Å². The fourth-order valence-corrected chi connectivity index (χ4v) is 0. The van der Waals surface area contributed by atoms with Gasteiger partial charge in [0.15, 0.2) is 0 Å². The maximum Gasteiger partial charge on any atom is 0.549 e. The third kappa shape index (κ3) is 816. The molecule has 0 radical (unpaired) electrons. The highest BCUT2D eigenvalue weighted by molar-refractivity contribution is 5.94. The van der Waals surface area contributed by atoms with Crippen molar-refractivity contribution in [3.63, 3.8) is 0 Å². The summed E-state index contributed by atoms with van der Waals surface area (Å²) < 4.78 is 16.8. The number of hydrogen-bond donors (Lipinski definition) is 0. The zero-order chi connectivity index (χ0) is 2.71. The maximum atomic E-state index is 8.40. The molecule has 0 aliphatic heterocycles. The van der Waals surface area contributed by atoms with E-state index < -0.39 is 9.29 Å². The lowest BCUT2D eigenvalue weighted by Gasteiger charge is -0.944. The normalized spacial score (nSPS) is 1.00. The lowest BCUT2D eigenvalue weighted by Crippen LogP contribution is -1.26. The van der Waals surface area contributed by atoms with Gasteiger partial charge in [0, 0.05) is 0 Å². The maximum absolute atomic E-state index is 8.40. The van der Waals surface area contributed by atoms with Crippen LogP contribution in [0.1, 0.15) is 0 Å². The Morgan fingerprint density at radius 1 is 0.625 bits per heavy atom. The molecule has 0 spiro atoms. The molecule has 0 aromatic carbocycles. The zero-order valence-corrected chi connectivity index (χ0v) is 4.82. The van der Waals surface area contributed by atoms with Crippen molar-refractivity contribution in [3.8, 4) is 0 Å². The minimum atomic E-state index is -1.42. The highest BCUT2D eigenvalue weighted by atomic mass is 28.2. The molecule has 0 atom stereocenters. The van der Waals surface area contributed by atoms with E-state index in [2.05, 4.69) is 0 Å². The van der Waals surface area contributed by atoms with Gasteiger partial charge in [-0.05, 0) is 0 Å². The molecule has 8 heteroatoms. The Morgan fingerprint density at radius 3 is 0.625 bits per heavy atom. The van der Waals surface area contributed by atoms with Crippen LogP contribution in [0.2, 0.25) is 0 Å². The molecule has 0 fully saturated rings. The Balaban J connectivity index is -0.00000000200. The Morgan fingerprint density at radius 2 is 0.625 bits per heavy atom. The second-order valence-corrected chi connectivity index (χ2v) is 0.250. The standard InChI is InChI=1S/O2Si.5H2O/c1-3-2;;;;;/h;5*1H2. The molecular weight excluding hydrogens is 140 g/mol. The third-order valence-electron chi connectivity index (χ3n) is 0. The van der Waals surface area contributed by atoms with Crippen LogP contribution in [-0.2, 0) is 8.92 Å². The summed E-state index contributed by atoms with van der Waals surface area (Å²) in [5.41, 5.74) is 0. The predicted molar refractivity (Wildman–Crippen MR) is 25.2 cm³/mol. The summed E-state index contributed by atoms with van der Waals surface area (Å²) in [5, 5.41) is 0. The van der Waals surface area contributed by atoms with E-state index in [-0.39, 0.29) is 27.4 Å². The topological polar surface area (TPSA) is 192 Å². The highest BCUT2D eigenvalue weighted by Crippen LogP contribution is 0.759. The summed E-state index contributed by atoms with van der Waals surface area (Å²) >= 11 is 0. The summed E-state index contributed by atoms with van der Waals surface area (Å²) in [4.78, 5) is 0. The molecule has 0 heterocycles. The van der Waals surface area contributed by atoms with Crippen LogP contribution < -0.4 is 0 Å². The van der Waals surface area contributed by atoms with Crippen LogP contribution in [0.4, 0.5) is 0 Å². The van der Waals surface area contributed by atoms with Crippen LogP contribution in [-0.4, -0.2) is 36.7 Å². The molecule has 0 saturated heterocycles. The van der Waals surface area contributed by atoms with Crippen molar-refractivity contribution < 1.29 is 36.3 Å². The van der Waals surface area contributed by atoms with Gasteiger partial charge in [-0.2, -0.15) is 0 Å². The quantitative estimate of drug-likeness (QED) is 0.313. The molecule has 8 heavy (non-hydrogen) atoms. The van der Waals surface area contributed by atoms with E-state index in [1.54, 1.807) is 0 Å². The summed E-state index contributed by atoms with van der Waals surface area (Å²) in [6.45, 7) is 0. The van der Waals surface area contributed by atoms with Gasteiger partial charge in [0.2, 0.25) is 0 Å². The summed E-state index contributed by atoms with van der Waals surface area (Å²) in [6.07, 6.45) is 0. The van der Waals surface area contributed by atoms with Gasteiger partial charge < -0.3 is 27.4 Å². The first-order chi connectivity index (χ1) is 1.41. The second-order valence-electron chi connectivity index (χ2n) is 0.0833. The van der Waals surface area contributed by atoms with Crippen molar-refractivity contribution in [1.29, 1.82) is 0 Å². The Kier molecular flexibility index (Phi) is 8750. The number of hydrogen-bond acceptors (Lipinski definition) is 2. The van der Waals surface area contributed by atoms with Gasteiger partial charge in [0.1, 0.15) is 0 Å². The second kappa shape index (κ2) is 549. The van der Waals surface area contributed by atoms with Crippen LogP contribution >= 0.6 is 0 Å². The van der Waals surface area contributed by atoms with Crippen LogP contribution in [0.3, 0.4) is 0 Å². The van der Waals surface area contributed by atoms with Crippen LogP contribution in [0, 0.1) is 0 Å². The van der Waals surface area contributed by atoms with Crippen molar-refractivity contribution in [3.05, 3.63) is 0 Å². The molecule has 0 aromatic rings. The van der Waals surface area contributed by atoms with Crippen LogP contribution in [0.15, 0.2) is 0 Å².